The van der Waals surface area contributed by atoms with E-state index in [9.17, 15) is 15.2 Å². The van der Waals surface area contributed by atoms with Gasteiger partial charge >= 0.3 is 0 Å². The maximum Gasteiger partial charge on any atom is 0.269 e. The van der Waals surface area contributed by atoms with Gasteiger partial charge in [-0.05, 0) is 24.3 Å². The molecule has 1 N–H and O–H groups in total. The molecule has 1 heterocycles. The first kappa shape index (κ1) is 11.8. The molecular formula is C12H8N2O4. The fourth-order valence-electron chi connectivity index (χ4n) is 1.47. The van der Waals surface area contributed by atoms with Crippen LogP contribution in [-0.2, 0) is 0 Å². The minimum Gasteiger partial charge on any atom is -0.457 e. The van der Waals surface area contributed by atoms with Gasteiger partial charge in [-0.25, -0.2) is 0 Å². The maximum atomic E-state index is 10.5. The normalized spacial score (nSPS) is 11.8. The summed E-state index contributed by atoms with van der Waals surface area (Å²) in [6.07, 6.45) is -1.31. The van der Waals surface area contributed by atoms with Gasteiger partial charge in [0.1, 0.15) is 17.6 Å². The van der Waals surface area contributed by atoms with Crippen LogP contribution in [0.25, 0.3) is 11.3 Å². The third-order valence-electron chi connectivity index (χ3n) is 2.38. The van der Waals surface area contributed by atoms with E-state index in [2.05, 4.69) is 0 Å². The SMILES string of the molecule is N#C[C@H](O)c1ccc(-c2ccc([N+](=O)[O-])cc2)o1. The molecule has 2 rings (SSSR count). The van der Waals surface area contributed by atoms with E-state index >= 15 is 0 Å². The molecule has 1 atom stereocenters. The second kappa shape index (κ2) is 4.69. The average Bonchev–Trinajstić information content (AvgIpc) is 2.87. The van der Waals surface area contributed by atoms with Gasteiger partial charge in [0.15, 0.2) is 6.10 Å². The van der Waals surface area contributed by atoms with Crippen LogP contribution in [0.4, 0.5) is 5.69 Å². The highest BCUT2D eigenvalue weighted by Crippen LogP contribution is 2.26. The van der Waals surface area contributed by atoms with Crippen molar-refractivity contribution in [1.82, 2.24) is 0 Å². The third kappa shape index (κ3) is 2.21. The van der Waals surface area contributed by atoms with E-state index in [0.717, 1.165) is 0 Å². The summed E-state index contributed by atoms with van der Waals surface area (Å²) in [5, 5.41) is 28.3. The summed E-state index contributed by atoms with van der Waals surface area (Å²) in [5.74, 6) is 0.583. The van der Waals surface area contributed by atoms with E-state index in [1.807, 2.05) is 0 Å². The van der Waals surface area contributed by atoms with Gasteiger partial charge in [0.05, 0.1) is 4.92 Å². The van der Waals surface area contributed by atoms with Crippen LogP contribution in [0, 0.1) is 21.4 Å². The molecule has 1 aromatic carbocycles. The average molecular weight is 244 g/mol. The molecule has 0 aliphatic carbocycles. The van der Waals surface area contributed by atoms with Crippen LogP contribution >= 0.6 is 0 Å². The molecule has 0 spiro atoms. The van der Waals surface area contributed by atoms with Gasteiger partial charge in [-0.3, -0.25) is 10.1 Å². The Labute approximate surface area is 102 Å². The highest BCUT2D eigenvalue weighted by Gasteiger charge is 2.13. The van der Waals surface area contributed by atoms with Gasteiger partial charge < -0.3 is 9.52 Å². The molecule has 0 fully saturated rings. The van der Waals surface area contributed by atoms with Crippen LogP contribution in [0.3, 0.4) is 0 Å². The molecule has 0 unspecified atom stereocenters. The zero-order valence-corrected chi connectivity index (χ0v) is 9.11. The number of hydrogen-bond acceptors (Lipinski definition) is 5. The lowest BCUT2D eigenvalue weighted by molar-refractivity contribution is -0.384. The number of benzene rings is 1. The van der Waals surface area contributed by atoms with Crippen molar-refractivity contribution in [2.75, 3.05) is 0 Å². The van der Waals surface area contributed by atoms with E-state index in [0.29, 0.717) is 11.3 Å². The van der Waals surface area contributed by atoms with Crippen LogP contribution in [0.1, 0.15) is 11.9 Å². The number of nitro groups is 1. The number of nitrogens with zero attached hydrogens (tertiary/aromatic N) is 2. The highest BCUT2D eigenvalue weighted by atomic mass is 16.6. The zero-order chi connectivity index (χ0) is 13.1. The van der Waals surface area contributed by atoms with Crippen LogP contribution in [0.5, 0.6) is 0 Å². The minimum absolute atomic E-state index is 0.0115. The standard InChI is InChI=1S/C12H8N2O4/c13-7-10(15)12-6-5-11(18-12)8-1-3-9(4-2-8)14(16)17/h1-6,10,15H/t10-/m0/s1. The van der Waals surface area contributed by atoms with Crippen molar-refractivity contribution in [3.8, 4) is 17.4 Å². The van der Waals surface area contributed by atoms with Crippen LogP contribution in [0.15, 0.2) is 40.8 Å². The van der Waals surface area contributed by atoms with Gasteiger partial charge in [-0.1, -0.05) is 0 Å². The lowest BCUT2D eigenvalue weighted by atomic mass is 10.1. The second-order valence-corrected chi connectivity index (χ2v) is 3.54. The molecule has 6 heteroatoms. The van der Waals surface area contributed by atoms with Gasteiger partial charge in [-0.15, -0.1) is 0 Å². The van der Waals surface area contributed by atoms with Crippen molar-refractivity contribution in [2.45, 2.75) is 6.10 Å². The van der Waals surface area contributed by atoms with Crippen molar-refractivity contribution >= 4 is 5.69 Å². The first-order valence-corrected chi connectivity index (χ1v) is 5.04. The van der Waals surface area contributed by atoms with Crippen molar-refractivity contribution in [3.05, 3.63) is 52.3 Å². The summed E-state index contributed by atoms with van der Waals surface area (Å²) >= 11 is 0. The Kier molecular flexibility index (Phi) is 3.08. The van der Waals surface area contributed by atoms with Crippen LogP contribution in [-0.4, -0.2) is 10.0 Å². The second-order valence-electron chi connectivity index (χ2n) is 3.54. The summed E-state index contributed by atoms with van der Waals surface area (Å²) in [7, 11) is 0. The number of aliphatic hydroxyl groups is 1. The summed E-state index contributed by atoms with van der Waals surface area (Å²) in [4.78, 5) is 10.0. The maximum absolute atomic E-state index is 10.5. The Morgan fingerprint density at radius 2 is 1.94 bits per heavy atom. The third-order valence-corrected chi connectivity index (χ3v) is 2.38. The molecule has 0 aliphatic heterocycles. The molecule has 0 radical (unpaired) electrons. The van der Waals surface area contributed by atoms with Crippen molar-refractivity contribution < 1.29 is 14.4 Å². The predicted octanol–water partition coefficient (Wildman–Crippen LogP) is 2.41. The van der Waals surface area contributed by atoms with E-state index in [4.69, 9.17) is 9.68 Å². The molecule has 6 nitrogen and oxygen atoms in total. The smallest absolute Gasteiger partial charge is 0.269 e. The molecule has 18 heavy (non-hydrogen) atoms. The van der Waals surface area contributed by atoms with Crippen LogP contribution in [0.2, 0.25) is 0 Å². The van der Waals surface area contributed by atoms with E-state index in [1.54, 1.807) is 24.3 Å². The molecule has 1 aromatic heterocycles. The van der Waals surface area contributed by atoms with Crippen molar-refractivity contribution in [3.63, 3.8) is 0 Å². The molecular weight excluding hydrogens is 236 g/mol. The molecule has 0 saturated carbocycles. The molecule has 90 valence electrons. The lowest BCUT2D eigenvalue weighted by Crippen LogP contribution is -1.89. The Balaban J connectivity index is 2.29. The minimum atomic E-state index is -1.31. The van der Waals surface area contributed by atoms with Crippen molar-refractivity contribution in [1.29, 1.82) is 5.26 Å². The fraction of sp³-hybridized carbons (Fsp3) is 0.0833. The first-order chi connectivity index (χ1) is 8.61. The number of aliphatic hydroxyl groups excluding tert-OH is 1. The number of nitro benzene ring substituents is 1. The van der Waals surface area contributed by atoms with Gasteiger partial charge in [0.2, 0.25) is 0 Å². The van der Waals surface area contributed by atoms with Gasteiger partial charge in [-0.2, -0.15) is 5.26 Å². The largest absolute Gasteiger partial charge is 0.457 e. The Morgan fingerprint density at radius 3 is 2.50 bits per heavy atom. The Morgan fingerprint density at radius 1 is 1.28 bits per heavy atom. The molecule has 0 bridgehead atoms. The van der Waals surface area contributed by atoms with Gasteiger partial charge in [0, 0.05) is 17.7 Å². The summed E-state index contributed by atoms with van der Waals surface area (Å²) < 4.78 is 5.28. The molecule has 2 aromatic rings. The van der Waals surface area contributed by atoms with Crippen molar-refractivity contribution in [2.24, 2.45) is 0 Å². The van der Waals surface area contributed by atoms with Crippen LogP contribution < -0.4 is 0 Å². The number of non-ortho nitro benzene ring substituents is 1. The summed E-state index contributed by atoms with van der Waals surface area (Å²) in [6, 6.07) is 10.5. The number of rotatable bonds is 3. The highest BCUT2D eigenvalue weighted by molar-refractivity contribution is 5.59. The summed E-state index contributed by atoms with van der Waals surface area (Å²) in [6.45, 7) is 0. The number of hydrogen-bond donors (Lipinski definition) is 1. The number of nitriles is 1. The topological polar surface area (TPSA) is 100 Å². The fourth-order valence-corrected chi connectivity index (χ4v) is 1.47. The molecule has 0 amide bonds. The monoisotopic (exact) mass is 244 g/mol. The quantitative estimate of drug-likeness (QED) is 0.507. The predicted molar refractivity (Wildman–Crippen MR) is 61.4 cm³/mol. The zero-order valence-electron chi connectivity index (χ0n) is 9.11. The first-order valence-electron chi connectivity index (χ1n) is 5.04. The molecule has 0 saturated heterocycles. The summed E-state index contributed by atoms with van der Waals surface area (Å²) in [5.41, 5.74) is 0.625. The Hall–Kier alpha value is -2.65. The van der Waals surface area contributed by atoms with E-state index in [-0.39, 0.29) is 11.4 Å². The van der Waals surface area contributed by atoms with Gasteiger partial charge in [0.25, 0.3) is 5.69 Å². The Bertz CT molecular complexity index is 610. The lowest BCUT2D eigenvalue weighted by Gasteiger charge is -1.98. The van der Waals surface area contributed by atoms with E-state index in [1.165, 1.54) is 18.2 Å². The molecule has 0 aliphatic rings. The van der Waals surface area contributed by atoms with E-state index < -0.39 is 11.0 Å². The number of furan rings is 1.